The van der Waals surface area contributed by atoms with E-state index in [0.29, 0.717) is 17.2 Å². The van der Waals surface area contributed by atoms with Gasteiger partial charge >= 0.3 is 0 Å². The number of hydrogen-bond donors (Lipinski definition) is 1. The van der Waals surface area contributed by atoms with Gasteiger partial charge in [-0.05, 0) is 36.2 Å². The SMILES string of the molecule is CCc1ccc(OCC(=O)N2C[C@@H](C(N)=O)Oc3ccccc32)cc1. The number of anilines is 1. The van der Waals surface area contributed by atoms with Crippen LogP contribution in [0.15, 0.2) is 48.5 Å². The zero-order valence-electron chi connectivity index (χ0n) is 14.0. The van der Waals surface area contributed by atoms with E-state index in [-0.39, 0.29) is 19.1 Å². The van der Waals surface area contributed by atoms with Gasteiger partial charge < -0.3 is 20.1 Å². The maximum Gasteiger partial charge on any atom is 0.265 e. The van der Waals surface area contributed by atoms with Gasteiger partial charge in [0, 0.05) is 0 Å². The van der Waals surface area contributed by atoms with Crippen molar-refractivity contribution in [2.75, 3.05) is 18.1 Å². The predicted molar refractivity (Wildman–Crippen MR) is 93.7 cm³/mol. The Kier molecular flexibility index (Phi) is 4.88. The van der Waals surface area contributed by atoms with Gasteiger partial charge in [0.25, 0.3) is 11.8 Å². The van der Waals surface area contributed by atoms with Gasteiger partial charge in [0.15, 0.2) is 12.7 Å². The lowest BCUT2D eigenvalue weighted by Gasteiger charge is -2.33. The Bertz CT molecular complexity index is 773. The van der Waals surface area contributed by atoms with Crippen LogP contribution in [-0.2, 0) is 16.0 Å². The van der Waals surface area contributed by atoms with E-state index in [1.165, 1.54) is 10.5 Å². The van der Waals surface area contributed by atoms with Crippen molar-refractivity contribution < 1.29 is 19.1 Å². The molecule has 1 atom stereocenters. The third-order valence-corrected chi connectivity index (χ3v) is 4.09. The largest absolute Gasteiger partial charge is 0.484 e. The Morgan fingerprint density at radius 2 is 1.92 bits per heavy atom. The van der Waals surface area contributed by atoms with Crippen LogP contribution < -0.4 is 20.1 Å². The van der Waals surface area contributed by atoms with Crippen molar-refractivity contribution >= 4 is 17.5 Å². The minimum atomic E-state index is -0.873. The van der Waals surface area contributed by atoms with E-state index in [1.54, 1.807) is 24.3 Å². The highest BCUT2D eigenvalue weighted by atomic mass is 16.5. The zero-order chi connectivity index (χ0) is 17.8. The van der Waals surface area contributed by atoms with Crippen molar-refractivity contribution in [3.63, 3.8) is 0 Å². The molecule has 0 aliphatic carbocycles. The van der Waals surface area contributed by atoms with Crippen LogP contribution in [0.5, 0.6) is 11.5 Å². The summed E-state index contributed by atoms with van der Waals surface area (Å²) < 4.78 is 11.1. The molecule has 6 heteroatoms. The summed E-state index contributed by atoms with van der Waals surface area (Å²) in [6.45, 7) is 2.01. The monoisotopic (exact) mass is 340 g/mol. The molecule has 0 saturated heterocycles. The maximum absolute atomic E-state index is 12.6. The Morgan fingerprint density at radius 3 is 2.60 bits per heavy atom. The smallest absolute Gasteiger partial charge is 0.265 e. The molecule has 0 unspecified atom stereocenters. The van der Waals surface area contributed by atoms with Gasteiger partial charge in [-0.1, -0.05) is 31.2 Å². The number of amides is 2. The van der Waals surface area contributed by atoms with Crippen LogP contribution in [0, 0.1) is 0 Å². The molecule has 130 valence electrons. The second-order valence-electron chi connectivity index (χ2n) is 5.77. The molecule has 3 rings (SSSR count). The standard InChI is InChI=1S/C19H20N2O4/c1-2-13-7-9-14(10-8-13)24-12-18(22)21-11-17(19(20)23)25-16-6-4-3-5-15(16)21/h3-10,17H,2,11-12H2,1H3,(H2,20,23)/t17-/m0/s1. The van der Waals surface area contributed by atoms with Crippen LogP contribution in [0.2, 0.25) is 0 Å². The van der Waals surface area contributed by atoms with E-state index in [2.05, 4.69) is 6.92 Å². The number of fused-ring (bicyclic) bond motifs is 1. The quantitative estimate of drug-likeness (QED) is 0.901. The minimum absolute atomic E-state index is 0.0727. The summed E-state index contributed by atoms with van der Waals surface area (Å²) in [5.74, 6) is 0.210. The molecule has 1 aliphatic heterocycles. The van der Waals surface area contributed by atoms with Crippen molar-refractivity contribution in [1.29, 1.82) is 0 Å². The Hall–Kier alpha value is -3.02. The number of para-hydroxylation sites is 2. The Morgan fingerprint density at radius 1 is 1.20 bits per heavy atom. The van der Waals surface area contributed by atoms with Crippen molar-refractivity contribution in [2.24, 2.45) is 5.73 Å². The molecule has 2 N–H and O–H groups in total. The Balaban J connectivity index is 1.72. The summed E-state index contributed by atoms with van der Waals surface area (Å²) in [6.07, 6.45) is 0.0702. The highest BCUT2D eigenvalue weighted by Gasteiger charge is 2.32. The maximum atomic E-state index is 12.6. The molecule has 0 radical (unpaired) electrons. The fraction of sp³-hybridized carbons (Fsp3) is 0.263. The summed E-state index contributed by atoms with van der Waals surface area (Å²) in [5, 5.41) is 0. The van der Waals surface area contributed by atoms with Gasteiger partial charge in [-0.25, -0.2) is 0 Å². The fourth-order valence-electron chi connectivity index (χ4n) is 2.66. The van der Waals surface area contributed by atoms with Crippen LogP contribution >= 0.6 is 0 Å². The summed E-state index contributed by atoms with van der Waals surface area (Å²) in [6, 6.07) is 14.7. The average Bonchev–Trinajstić information content (AvgIpc) is 2.65. The minimum Gasteiger partial charge on any atom is -0.484 e. The topological polar surface area (TPSA) is 81.9 Å². The number of benzene rings is 2. The van der Waals surface area contributed by atoms with Crippen molar-refractivity contribution in [1.82, 2.24) is 0 Å². The van der Waals surface area contributed by atoms with Crippen LogP contribution in [0.1, 0.15) is 12.5 Å². The highest BCUT2D eigenvalue weighted by molar-refractivity contribution is 5.98. The van der Waals surface area contributed by atoms with Gasteiger partial charge in [-0.2, -0.15) is 0 Å². The van der Waals surface area contributed by atoms with E-state index < -0.39 is 12.0 Å². The lowest BCUT2D eigenvalue weighted by molar-refractivity contribution is -0.125. The molecule has 0 bridgehead atoms. The molecule has 1 heterocycles. The summed E-state index contributed by atoms with van der Waals surface area (Å²) in [5.41, 5.74) is 7.15. The number of ether oxygens (including phenoxy) is 2. The number of hydrogen-bond acceptors (Lipinski definition) is 4. The van der Waals surface area contributed by atoms with Gasteiger partial charge in [-0.3, -0.25) is 9.59 Å². The molecule has 2 aromatic carbocycles. The molecular weight excluding hydrogens is 320 g/mol. The van der Waals surface area contributed by atoms with Gasteiger partial charge in [0.2, 0.25) is 0 Å². The van der Waals surface area contributed by atoms with Crippen molar-refractivity contribution in [2.45, 2.75) is 19.4 Å². The van der Waals surface area contributed by atoms with Gasteiger partial charge in [0.05, 0.1) is 12.2 Å². The van der Waals surface area contributed by atoms with Crippen LogP contribution in [0.3, 0.4) is 0 Å². The summed E-state index contributed by atoms with van der Waals surface area (Å²) >= 11 is 0. The van der Waals surface area contributed by atoms with E-state index in [9.17, 15) is 9.59 Å². The summed E-state index contributed by atoms with van der Waals surface area (Å²) in [7, 11) is 0. The molecule has 1 aliphatic rings. The third-order valence-electron chi connectivity index (χ3n) is 4.09. The van der Waals surface area contributed by atoms with Crippen LogP contribution in [0.4, 0.5) is 5.69 Å². The predicted octanol–water partition coefficient (Wildman–Crippen LogP) is 1.91. The van der Waals surface area contributed by atoms with Gasteiger partial charge in [-0.15, -0.1) is 0 Å². The first-order valence-electron chi connectivity index (χ1n) is 8.15. The van der Waals surface area contributed by atoms with E-state index in [0.717, 1.165) is 6.42 Å². The molecule has 25 heavy (non-hydrogen) atoms. The number of nitrogens with two attached hydrogens (primary N) is 1. The number of aryl methyl sites for hydroxylation is 1. The molecule has 0 spiro atoms. The third kappa shape index (κ3) is 3.74. The molecule has 0 saturated carbocycles. The first-order chi connectivity index (χ1) is 12.1. The van der Waals surface area contributed by atoms with E-state index in [1.807, 2.05) is 24.3 Å². The molecular formula is C19H20N2O4. The number of carbonyl (C=O) groups excluding carboxylic acids is 2. The van der Waals surface area contributed by atoms with Crippen LogP contribution in [-0.4, -0.2) is 31.1 Å². The lowest BCUT2D eigenvalue weighted by atomic mass is 10.1. The number of rotatable bonds is 5. The van der Waals surface area contributed by atoms with E-state index >= 15 is 0 Å². The molecule has 2 amide bonds. The second kappa shape index (κ2) is 7.25. The van der Waals surface area contributed by atoms with Crippen LogP contribution in [0.25, 0.3) is 0 Å². The highest BCUT2D eigenvalue weighted by Crippen LogP contribution is 2.33. The number of nitrogens with zero attached hydrogens (tertiary/aromatic N) is 1. The van der Waals surface area contributed by atoms with E-state index in [4.69, 9.17) is 15.2 Å². The lowest BCUT2D eigenvalue weighted by Crippen LogP contribution is -2.50. The zero-order valence-corrected chi connectivity index (χ0v) is 14.0. The molecule has 6 nitrogen and oxygen atoms in total. The fourth-order valence-corrected chi connectivity index (χ4v) is 2.66. The first kappa shape index (κ1) is 16.8. The Labute approximate surface area is 146 Å². The molecule has 0 aromatic heterocycles. The van der Waals surface area contributed by atoms with Crippen molar-refractivity contribution in [3.8, 4) is 11.5 Å². The first-order valence-corrected chi connectivity index (χ1v) is 8.15. The molecule has 2 aromatic rings. The number of carbonyl (C=O) groups is 2. The summed E-state index contributed by atoms with van der Waals surface area (Å²) in [4.78, 5) is 25.6. The normalized spacial score (nSPS) is 15.9. The number of primary amides is 1. The molecule has 0 fully saturated rings. The second-order valence-corrected chi connectivity index (χ2v) is 5.77. The average molecular weight is 340 g/mol. The van der Waals surface area contributed by atoms with Crippen molar-refractivity contribution in [3.05, 3.63) is 54.1 Å². The van der Waals surface area contributed by atoms with Gasteiger partial charge in [0.1, 0.15) is 11.5 Å².